The zero-order chi connectivity index (χ0) is 13.9. The first-order valence-electron chi connectivity index (χ1n) is 5.07. The number of aromatic nitrogens is 2. The summed E-state index contributed by atoms with van der Waals surface area (Å²) in [6, 6.07) is 7.02. The van der Waals surface area contributed by atoms with E-state index in [4.69, 9.17) is 5.26 Å². The van der Waals surface area contributed by atoms with Gasteiger partial charge in [0.25, 0.3) is 0 Å². The fraction of sp³-hybridized carbons (Fsp3) is 0.0833. The third-order valence-corrected chi connectivity index (χ3v) is 3.15. The predicted molar refractivity (Wildman–Crippen MR) is 62.3 cm³/mol. The summed E-state index contributed by atoms with van der Waals surface area (Å²) in [5.41, 5.74) is -0.905. The second-order valence-corrected chi connectivity index (χ2v) is 4.51. The van der Waals surface area contributed by atoms with Crippen molar-refractivity contribution in [1.29, 1.82) is 5.26 Å². The zero-order valence-corrected chi connectivity index (χ0v) is 10.2. The van der Waals surface area contributed by atoms with Gasteiger partial charge in [-0.05, 0) is 24.3 Å². The van der Waals surface area contributed by atoms with Crippen molar-refractivity contribution in [3.8, 4) is 6.07 Å². The molecule has 0 amide bonds. The molecule has 3 nitrogen and oxygen atoms in total. The molecule has 0 saturated carbocycles. The molecule has 0 N–H and O–H groups in total. The monoisotopic (exact) mass is 281 g/mol. The number of halogens is 3. The van der Waals surface area contributed by atoms with E-state index in [1.165, 1.54) is 12.4 Å². The summed E-state index contributed by atoms with van der Waals surface area (Å²) < 4.78 is 37.7. The number of hydrogen-bond donors (Lipinski definition) is 0. The Kier molecular flexibility index (Phi) is 3.71. The fourth-order valence-corrected chi connectivity index (χ4v) is 2.13. The highest BCUT2D eigenvalue weighted by Gasteiger charge is 2.33. The van der Waals surface area contributed by atoms with Gasteiger partial charge >= 0.3 is 6.18 Å². The minimum absolute atomic E-state index is 0.0310. The van der Waals surface area contributed by atoms with E-state index < -0.39 is 11.9 Å². The molecule has 0 saturated heterocycles. The highest BCUT2D eigenvalue weighted by molar-refractivity contribution is 7.99. The van der Waals surface area contributed by atoms with Crippen molar-refractivity contribution in [2.75, 3.05) is 0 Å². The van der Waals surface area contributed by atoms with Crippen LogP contribution in [0.2, 0.25) is 0 Å². The number of nitriles is 1. The average Bonchev–Trinajstić information content (AvgIpc) is 2.39. The predicted octanol–water partition coefficient (Wildman–Crippen LogP) is 3.52. The van der Waals surface area contributed by atoms with Crippen LogP contribution >= 0.6 is 11.8 Å². The first kappa shape index (κ1) is 13.4. The van der Waals surface area contributed by atoms with Crippen LogP contribution in [-0.4, -0.2) is 9.97 Å². The molecule has 0 aliphatic heterocycles. The Labute approximate surface area is 111 Å². The summed E-state index contributed by atoms with van der Waals surface area (Å²) in [6.45, 7) is 0. The Bertz CT molecular complexity index is 620. The molecule has 2 aromatic rings. The lowest BCUT2D eigenvalue weighted by Crippen LogP contribution is -2.08. The molecule has 0 spiro atoms. The first-order valence-corrected chi connectivity index (χ1v) is 5.88. The van der Waals surface area contributed by atoms with Gasteiger partial charge < -0.3 is 0 Å². The highest BCUT2D eigenvalue weighted by Crippen LogP contribution is 2.33. The van der Waals surface area contributed by atoms with E-state index in [9.17, 15) is 13.2 Å². The van der Waals surface area contributed by atoms with Crippen LogP contribution in [0.5, 0.6) is 0 Å². The third kappa shape index (κ3) is 3.23. The molecule has 19 heavy (non-hydrogen) atoms. The van der Waals surface area contributed by atoms with E-state index in [0.29, 0.717) is 4.90 Å². The van der Waals surface area contributed by atoms with Gasteiger partial charge in [0.05, 0.1) is 5.56 Å². The minimum atomic E-state index is -4.53. The van der Waals surface area contributed by atoms with Crippen LogP contribution in [0.25, 0.3) is 0 Å². The van der Waals surface area contributed by atoms with Crippen molar-refractivity contribution < 1.29 is 13.2 Å². The molecule has 0 bridgehead atoms. The number of rotatable bonds is 2. The molecule has 0 aliphatic rings. The number of pyridine rings is 2. The van der Waals surface area contributed by atoms with Crippen LogP contribution < -0.4 is 0 Å². The topological polar surface area (TPSA) is 49.6 Å². The molecule has 0 aromatic carbocycles. The van der Waals surface area contributed by atoms with Crippen molar-refractivity contribution in [1.82, 2.24) is 9.97 Å². The van der Waals surface area contributed by atoms with E-state index in [0.717, 1.165) is 23.9 Å². The molecule has 0 unspecified atom stereocenters. The standard InChI is InChI=1S/C12H6F3N3S/c13-12(14,15)10-2-1-8(7-16)11(18-10)19-9-3-5-17-6-4-9/h1-6H. The SMILES string of the molecule is N#Cc1ccc(C(F)(F)F)nc1Sc1ccncc1. The van der Waals surface area contributed by atoms with Gasteiger partial charge in [0.1, 0.15) is 16.8 Å². The van der Waals surface area contributed by atoms with Crippen LogP contribution in [0.15, 0.2) is 46.6 Å². The maximum absolute atomic E-state index is 12.6. The van der Waals surface area contributed by atoms with Crippen LogP contribution in [-0.2, 0) is 6.18 Å². The van der Waals surface area contributed by atoms with Gasteiger partial charge in [0.2, 0.25) is 0 Å². The lowest BCUT2D eigenvalue weighted by molar-refractivity contribution is -0.141. The quantitative estimate of drug-likeness (QED) is 0.845. The van der Waals surface area contributed by atoms with Gasteiger partial charge in [-0.1, -0.05) is 11.8 Å². The van der Waals surface area contributed by atoms with Crippen LogP contribution in [0, 0.1) is 11.3 Å². The molecule has 0 atom stereocenters. The highest BCUT2D eigenvalue weighted by atomic mass is 32.2. The molecule has 2 aromatic heterocycles. The molecule has 2 heterocycles. The Morgan fingerprint density at radius 1 is 1.11 bits per heavy atom. The van der Waals surface area contributed by atoms with Gasteiger partial charge in [0.15, 0.2) is 0 Å². The third-order valence-electron chi connectivity index (χ3n) is 2.14. The Hall–Kier alpha value is -2.07. The van der Waals surface area contributed by atoms with Gasteiger partial charge in [-0.15, -0.1) is 0 Å². The maximum atomic E-state index is 12.6. The summed E-state index contributed by atoms with van der Waals surface area (Å²) in [5, 5.41) is 8.92. The summed E-state index contributed by atoms with van der Waals surface area (Å²) in [4.78, 5) is 7.98. The van der Waals surface area contributed by atoms with E-state index in [1.54, 1.807) is 12.1 Å². The summed E-state index contributed by atoms with van der Waals surface area (Å²) in [5.74, 6) is 0. The van der Waals surface area contributed by atoms with E-state index in [1.807, 2.05) is 6.07 Å². The van der Waals surface area contributed by atoms with Crippen LogP contribution in [0.4, 0.5) is 13.2 Å². The molecule has 96 valence electrons. The molecule has 7 heteroatoms. The summed E-state index contributed by atoms with van der Waals surface area (Å²) >= 11 is 0.995. The molecule has 0 radical (unpaired) electrons. The minimum Gasteiger partial charge on any atom is -0.265 e. The molecular formula is C12H6F3N3S. The van der Waals surface area contributed by atoms with Gasteiger partial charge in [-0.2, -0.15) is 18.4 Å². The Balaban J connectivity index is 2.41. The number of hydrogen-bond acceptors (Lipinski definition) is 4. The zero-order valence-electron chi connectivity index (χ0n) is 9.35. The Morgan fingerprint density at radius 2 is 1.79 bits per heavy atom. The number of nitrogens with zero attached hydrogens (tertiary/aromatic N) is 3. The largest absolute Gasteiger partial charge is 0.433 e. The summed E-state index contributed by atoms with van der Waals surface area (Å²) in [7, 11) is 0. The summed E-state index contributed by atoms with van der Waals surface area (Å²) in [6.07, 6.45) is -1.49. The van der Waals surface area contributed by atoms with E-state index in [-0.39, 0.29) is 10.6 Å². The van der Waals surface area contributed by atoms with Crippen LogP contribution in [0.1, 0.15) is 11.3 Å². The van der Waals surface area contributed by atoms with E-state index >= 15 is 0 Å². The van der Waals surface area contributed by atoms with Crippen molar-refractivity contribution >= 4 is 11.8 Å². The second kappa shape index (κ2) is 5.28. The fourth-order valence-electron chi connectivity index (χ4n) is 1.28. The molecular weight excluding hydrogens is 275 g/mol. The van der Waals surface area contributed by atoms with Crippen molar-refractivity contribution in [3.05, 3.63) is 47.9 Å². The average molecular weight is 281 g/mol. The van der Waals surface area contributed by atoms with Gasteiger partial charge in [-0.25, -0.2) is 4.98 Å². The van der Waals surface area contributed by atoms with Crippen molar-refractivity contribution in [3.63, 3.8) is 0 Å². The van der Waals surface area contributed by atoms with Crippen molar-refractivity contribution in [2.24, 2.45) is 0 Å². The smallest absolute Gasteiger partial charge is 0.265 e. The lowest BCUT2D eigenvalue weighted by atomic mass is 10.2. The number of alkyl halides is 3. The van der Waals surface area contributed by atoms with E-state index in [2.05, 4.69) is 9.97 Å². The Morgan fingerprint density at radius 3 is 2.37 bits per heavy atom. The van der Waals surface area contributed by atoms with Gasteiger partial charge in [0, 0.05) is 17.3 Å². The van der Waals surface area contributed by atoms with Crippen LogP contribution in [0.3, 0.4) is 0 Å². The molecule has 0 aliphatic carbocycles. The van der Waals surface area contributed by atoms with Crippen molar-refractivity contribution in [2.45, 2.75) is 16.1 Å². The van der Waals surface area contributed by atoms with Gasteiger partial charge in [-0.3, -0.25) is 4.98 Å². The molecule has 0 fully saturated rings. The second-order valence-electron chi connectivity index (χ2n) is 3.44. The maximum Gasteiger partial charge on any atom is 0.433 e. The lowest BCUT2D eigenvalue weighted by Gasteiger charge is -2.08. The molecule has 2 rings (SSSR count). The first-order chi connectivity index (χ1) is 9.00. The normalized spacial score (nSPS) is 11.1.